The van der Waals surface area contributed by atoms with Crippen molar-refractivity contribution >= 4 is 15.9 Å². The molecule has 0 aliphatic heterocycles. The van der Waals surface area contributed by atoms with E-state index >= 15 is 0 Å². The van der Waals surface area contributed by atoms with E-state index in [1.165, 1.54) is 0 Å². The summed E-state index contributed by atoms with van der Waals surface area (Å²) in [5.41, 5.74) is 3.11. The molecule has 1 aromatic heterocycles. The Morgan fingerprint density at radius 1 is 0.957 bits per heavy atom. The van der Waals surface area contributed by atoms with E-state index in [4.69, 9.17) is 4.52 Å². The third-order valence-corrected chi connectivity index (χ3v) is 4.96. The number of hydrogen-bond acceptors (Lipinski definition) is 4. The molecule has 118 valence electrons. The van der Waals surface area contributed by atoms with Crippen LogP contribution in [0.2, 0.25) is 0 Å². The standard InChI is InChI=1S/C17H16N2O3S/c1-12-13(2)18-22-17(12)19-23(20,21)16-10-6-9-15(11-16)14-7-4-3-5-8-14/h3-11,19H,1-2H3. The summed E-state index contributed by atoms with van der Waals surface area (Å²) in [6.07, 6.45) is 0. The number of nitrogens with one attached hydrogen (secondary N) is 1. The minimum absolute atomic E-state index is 0.146. The van der Waals surface area contributed by atoms with E-state index in [9.17, 15) is 8.42 Å². The highest BCUT2D eigenvalue weighted by Crippen LogP contribution is 2.25. The van der Waals surface area contributed by atoms with Crippen LogP contribution in [0.25, 0.3) is 11.1 Å². The van der Waals surface area contributed by atoms with Crippen LogP contribution in [-0.4, -0.2) is 13.6 Å². The molecule has 0 saturated carbocycles. The zero-order chi connectivity index (χ0) is 16.4. The highest BCUT2D eigenvalue weighted by atomic mass is 32.2. The summed E-state index contributed by atoms with van der Waals surface area (Å²) in [5.74, 6) is 0.146. The maximum absolute atomic E-state index is 12.5. The van der Waals surface area contributed by atoms with Gasteiger partial charge in [0.25, 0.3) is 10.0 Å². The van der Waals surface area contributed by atoms with Crippen LogP contribution in [0.15, 0.2) is 64.0 Å². The second-order valence-corrected chi connectivity index (χ2v) is 6.90. The number of hydrogen-bond donors (Lipinski definition) is 1. The van der Waals surface area contributed by atoms with Crippen LogP contribution in [-0.2, 0) is 10.0 Å². The quantitative estimate of drug-likeness (QED) is 0.791. The van der Waals surface area contributed by atoms with Gasteiger partial charge in [-0.15, -0.1) is 0 Å². The van der Waals surface area contributed by atoms with Crippen molar-refractivity contribution in [1.82, 2.24) is 5.16 Å². The Morgan fingerprint density at radius 3 is 2.30 bits per heavy atom. The predicted octanol–water partition coefficient (Wildman–Crippen LogP) is 3.76. The summed E-state index contributed by atoms with van der Waals surface area (Å²) >= 11 is 0. The van der Waals surface area contributed by atoms with Gasteiger partial charge in [-0.1, -0.05) is 47.6 Å². The molecule has 6 heteroatoms. The predicted molar refractivity (Wildman–Crippen MR) is 88.7 cm³/mol. The van der Waals surface area contributed by atoms with Gasteiger partial charge in [0.05, 0.1) is 10.6 Å². The molecule has 0 aliphatic carbocycles. The number of aromatic nitrogens is 1. The molecular weight excluding hydrogens is 312 g/mol. The van der Waals surface area contributed by atoms with Gasteiger partial charge in [0.15, 0.2) is 0 Å². The minimum atomic E-state index is -3.74. The largest absolute Gasteiger partial charge is 0.337 e. The fourth-order valence-electron chi connectivity index (χ4n) is 2.16. The Balaban J connectivity index is 1.96. The first-order valence-electron chi connectivity index (χ1n) is 7.08. The lowest BCUT2D eigenvalue weighted by molar-refractivity contribution is 0.430. The number of anilines is 1. The van der Waals surface area contributed by atoms with Crippen molar-refractivity contribution in [3.8, 4) is 11.1 Å². The molecule has 5 nitrogen and oxygen atoms in total. The first-order valence-corrected chi connectivity index (χ1v) is 8.57. The Labute approximate surface area is 135 Å². The normalized spacial score (nSPS) is 11.4. The highest BCUT2D eigenvalue weighted by Gasteiger charge is 2.19. The molecule has 0 fully saturated rings. The van der Waals surface area contributed by atoms with Crippen LogP contribution in [0.4, 0.5) is 5.88 Å². The Morgan fingerprint density at radius 2 is 1.65 bits per heavy atom. The van der Waals surface area contributed by atoms with Crippen LogP contribution in [0.3, 0.4) is 0 Å². The first-order chi connectivity index (χ1) is 11.0. The van der Waals surface area contributed by atoms with Crippen molar-refractivity contribution in [2.24, 2.45) is 0 Å². The fourth-order valence-corrected chi connectivity index (χ4v) is 3.26. The molecule has 0 unspecified atom stereocenters. The van der Waals surface area contributed by atoms with Gasteiger partial charge in [0.1, 0.15) is 0 Å². The average Bonchev–Trinajstić information content (AvgIpc) is 2.87. The van der Waals surface area contributed by atoms with Gasteiger partial charge >= 0.3 is 0 Å². The molecule has 1 heterocycles. The summed E-state index contributed by atoms with van der Waals surface area (Å²) in [4.78, 5) is 0.173. The third-order valence-electron chi connectivity index (χ3n) is 3.64. The summed E-state index contributed by atoms with van der Waals surface area (Å²) < 4.78 is 32.6. The molecule has 0 radical (unpaired) electrons. The molecule has 3 aromatic rings. The first kappa shape index (κ1) is 15.3. The minimum Gasteiger partial charge on any atom is -0.337 e. The zero-order valence-electron chi connectivity index (χ0n) is 12.8. The van der Waals surface area contributed by atoms with Crippen molar-refractivity contribution in [3.63, 3.8) is 0 Å². The molecule has 3 rings (SSSR count). The third kappa shape index (κ3) is 3.12. The number of nitrogens with zero attached hydrogens (tertiary/aromatic N) is 1. The summed E-state index contributed by atoms with van der Waals surface area (Å²) in [7, 11) is -3.74. The van der Waals surface area contributed by atoms with Gasteiger partial charge in [-0.05, 0) is 37.1 Å². The van der Waals surface area contributed by atoms with Gasteiger partial charge < -0.3 is 4.52 Å². The van der Waals surface area contributed by atoms with Gasteiger partial charge in [0, 0.05) is 5.56 Å². The lowest BCUT2D eigenvalue weighted by Crippen LogP contribution is -2.13. The zero-order valence-corrected chi connectivity index (χ0v) is 13.6. The second kappa shape index (κ2) is 5.89. The maximum Gasteiger partial charge on any atom is 0.264 e. The van der Waals surface area contributed by atoms with E-state index in [1.807, 2.05) is 36.4 Å². The number of sulfonamides is 1. The molecule has 0 atom stereocenters. The molecule has 23 heavy (non-hydrogen) atoms. The molecule has 0 saturated heterocycles. The molecule has 0 bridgehead atoms. The SMILES string of the molecule is Cc1noc(NS(=O)(=O)c2cccc(-c3ccccc3)c2)c1C. The van der Waals surface area contributed by atoms with Crippen LogP contribution in [0, 0.1) is 13.8 Å². The number of aryl methyl sites for hydroxylation is 1. The Kier molecular flexibility index (Phi) is 3.92. The number of rotatable bonds is 4. The van der Waals surface area contributed by atoms with E-state index in [0.29, 0.717) is 11.3 Å². The van der Waals surface area contributed by atoms with E-state index in [1.54, 1.807) is 32.0 Å². The van der Waals surface area contributed by atoms with Crippen molar-refractivity contribution in [2.45, 2.75) is 18.7 Å². The fraction of sp³-hybridized carbons (Fsp3) is 0.118. The summed E-state index contributed by atoms with van der Waals surface area (Å²) in [5, 5.41) is 3.76. The van der Waals surface area contributed by atoms with Gasteiger partial charge in [-0.25, -0.2) is 13.1 Å². The van der Waals surface area contributed by atoms with Crippen LogP contribution < -0.4 is 4.72 Å². The average molecular weight is 328 g/mol. The molecule has 1 N–H and O–H groups in total. The molecule has 0 amide bonds. The Hall–Kier alpha value is -2.60. The van der Waals surface area contributed by atoms with Crippen molar-refractivity contribution < 1.29 is 12.9 Å². The van der Waals surface area contributed by atoms with Gasteiger partial charge in [0.2, 0.25) is 5.88 Å². The van der Waals surface area contributed by atoms with Crippen LogP contribution in [0.5, 0.6) is 0 Å². The van der Waals surface area contributed by atoms with E-state index < -0.39 is 10.0 Å². The maximum atomic E-state index is 12.5. The molecule has 0 spiro atoms. The lowest BCUT2D eigenvalue weighted by Gasteiger charge is -2.08. The van der Waals surface area contributed by atoms with Crippen LogP contribution >= 0.6 is 0 Å². The molecular formula is C17H16N2O3S. The highest BCUT2D eigenvalue weighted by molar-refractivity contribution is 7.92. The van der Waals surface area contributed by atoms with E-state index in [2.05, 4.69) is 9.88 Å². The second-order valence-electron chi connectivity index (χ2n) is 5.22. The topological polar surface area (TPSA) is 72.2 Å². The van der Waals surface area contributed by atoms with Crippen LogP contribution in [0.1, 0.15) is 11.3 Å². The van der Waals surface area contributed by atoms with Gasteiger partial charge in [-0.2, -0.15) is 0 Å². The smallest absolute Gasteiger partial charge is 0.264 e. The van der Waals surface area contributed by atoms with E-state index in [-0.39, 0.29) is 10.8 Å². The lowest BCUT2D eigenvalue weighted by atomic mass is 10.1. The van der Waals surface area contributed by atoms with Crippen molar-refractivity contribution in [1.29, 1.82) is 0 Å². The van der Waals surface area contributed by atoms with Gasteiger partial charge in [-0.3, -0.25) is 0 Å². The van der Waals surface area contributed by atoms with Crippen molar-refractivity contribution in [3.05, 3.63) is 65.9 Å². The molecule has 0 aliphatic rings. The van der Waals surface area contributed by atoms with E-state index in [0.717, 1.165) is 11.1 Å². The molecule has 2 aromatic carbocycles. The Bertz CT molecular complexity index is 931. The summed E-state index contributed by atoms with van der Waals surface area (Å²) in [6.45, 7) is 3.51. The summed E-state index contributed by atoms with van der Waals surface area (Å²) in [6, 6.07) is 16.4. The monoisotopic (exact) mass is 328 g/mol. The number of benzene rings is 2. The van der Waals surface area contributed by atoms with Crippen molar-refractivity contribution in [2.75, 3.05) is 4.72 Å².